The smallest absolute Gasteiger partial charge is 0.129 e. The Hall–Kier alpha value is -0.960. The Morgan fingerprint density at radius 1 is 1.17 bits per heavy atom. The lowest BCUT2D eigenvalue weighted by molar-refractivity contribution is 0.504. The summed E-state index contributed by atoms with van der Waals surface area (Å²) in [4.78, 5) is 0. The molecule has 0 aromatic heterocycles. The maximum Gasteiger partial charge on any atom is 0.129 e. The van der Waals surface area contributed by atoms with Gasteiger partial charge in [0, 0.05) is 12.1 Å². The van der Waals surface area contributed by atoms with Crippen LogP contribution in [0.2, 0.25) is 0 Å². The van der Waals surface area contributed by atoms with Crippen molar-refractivity contribution in [2.75, 3.05) is 0 Å². The molecular weight excluding hydrogens is 232 g/mol. The molecule has 0 heterocycles. The standard InChI is InChI=1S/C15H23F2N/c1-10(18)6-5-7-11-8-12(15(2,3)4)14(17)9-13(11)16/h8-10H,5-7,18H2,1-4H3/t10-/m0/s1. The van der Waals surface area contributed by atoms with Crippen LogP contribution in [0.4, 0.5) is 8.78 Å². The van der Waals surface area contributed by atoms with Gasteiger partial charge in [-0.05, 0) is 48.8 Å². The summed E-state index contributed by atoms with van der Waals surface area (Å²) in [5.41, 5.74) is 6.51. The van der Waals surface area contributed by atoms with Crippen LogP contribution in [-0.4, -0.2) is 6.04 Å². The molecule has 1 aromatic carbocycles. The van der Waals surface area contributed by atoms with Crippen LogP contribution in [0.25, 0.3) is 0 Å². The molecule has 0 amide bonds. The van der Waals surface area contributed by atoms with Gasteiger partial charge in [-0.1, -0.05) is 20.8 Å². The van der Waals surface area contributed by atoms with Crippen molar-refractivity contribution in [2.24, 2.45) is 5.73 Å². The molecule has 0 unspecified atom stereocenters. The first-order valence-corrected chi connectivity index (χ1v) is 6.46. The molecule has 0 fully saturated rings. The van der Waals surface area contributed by atoms with Gasteiger partial charge in [0.25, 0.3) is 0 Å². The van der Waals surface area contributed by atoms with Gasteiger partial charge in [-0.2, -0.15) is 0 Å². The summed E-state index contributed by atoms with van der Waals surface area (Å²) < 4.78 is 27.4. The van der Waals surface area contributed by atoms with E-state index in [1.807, 2.05) is 27.7 Å². The van der Waals surface area contributed by atoms with Crippen molar-refractivity contribution in [3.05, 3.63) is 34.9 Å². The van der Waals surface area contributed by atoms with Crippen LogP contribution in [-0.2, 0) is 11.8 Å². The van der Waals surface area contributed by atoms with Crippen molar-refractivity contribution in [1.29, 1.82) is 0 Å². The second kappa shape index (κ2) is 5.79. The second-order valence-corrected chi connectivity index (χ2v) is 6.04. The largest absolute Gasteiger partial charge is 0.328 e. The molecule has 0 spiro atoms. The molecule has 0 aliphatic heterocycles. The van der Waals surface area contributed by atoms with E-state index in [1.54, 1.807) is 6.07 Å². The average Bonchev–Trinajstić information content (AvgIpc) is 2.18. The van der Waals surface area contributed by atoms with Gasteiger partial charge in [-0.25, -0.2) is 8.78 Å². The SMILES string of the molecule is C[C@H](N)CCCc1cc(C(C)(C)C)c(F)cc1F. The van der Waals surface area contributed by atoms with Crippen molar-refractivity contribution in [1.82, 2.24) is 0 Å². The monoisotopic (exact) mass is 255 g/mol. The molecular formula is C15H23F2N. The lowest BCUT2D eigenvalue weighted by Gasteiger charge is -2.21. The third-order valence-electron chi connectivity index (χ3n) is 3.05. The molecule has 1 atom stereocenters. The van der Waals surface area contributed by atoms with Gasteiger partial charge in [0.15, 0.2) is 0 Å². The molecule has 18 heavy (non-hydrogen) atoms. The van der Waals surface area contributed by atoms with Gasteiger partial charge in [0.1, 0.15) is 11.6 Å². The molecule has 0 aliphatic carbocycles. The topological polar surface area (TPSA) is 26.0 Å². The van der Waals surface area contributed by atoms with E-state index in [1.165, 1.54) is 0 Å². The first kappa shape index (κ1) is 15.1. The molecule has 1 nitrogen and oxygen atoms in total. The van der Waals surface area contributed by atoms with Gasteiger partial charge in [-0.15, -0.1) is 0 Å². The maximum absolute atomic E-state index is 13.7. The van der Waals surface area contributed by atoms with Crippen molar-refractivity contribution >= 4 is 0 Å². The van der Waals surface area contributed by atoms with Gasteiger partial charge in [0.2, 0.25) is 0 Å². The summed E-state index contributed by atoms with van der Waals surface area (Å²) in [6, 6.07) is 2.78. The van der Waals surface area contributed by atoms with E-state index in [0.717, 1.165) is 18.9 Å². The van der Waals surface area contributed by atoms with Crippen LogP contribution in [0, 0.1) is 11.6 Å². The fourth-order valence-corrected chi connectivity index (χ4v) is 1.97. The van der Waals surface area contributed by atoms with E-state index in [9.17, 15) is 8.78 Å². The van der Waals surface area contributed by atoms with E-state index < -0.39 is 11.6 Å². The van der Waals surface area contributed by atoms with Crippen molar-refractivity contribution in [3.63, 3.8) is 0 Å². The quantitative estimate of drug-likeness (QED) is 0.866. The van der Waals surface area contributed by atoms with E-state index in [-0.39, 0.29) is 11.5 Å². The Labute approximate surface area is 108 Å². The van der Waals surface area contributed by atoms with Crippen LogP contribution in [0.5, 0.6) is 0 Å². The van der Waals surface area contributed by atoms with Crippen molar-refractivity contribution in [2.45, 2.75) is 58.4 Å². The summed E-state index contributed by atoms with van der Waals surface area (Å²) >= 11 is 0. The minimum atomic E-state index is -0.462. The minimum absolute atomic E-state index is 0.121. The minimum Gasteiger partial charge on any atom is -0.328 e. The fourth-order valence-electron chi connectivity index (χ4n) is 1.97. The second-order valence-electron chi connectivity index (χ2n) is 6.04. The summed E-state index contributed by atoms with van der Waals surface area (Å²) in [6.45, 7) is 7.71. The number of aryl methyl sites for hydroxylation is 1. The molecule has 0 bridgehead atoms. The zero-order chi connectivity index (χ0) is 13.9. The maximum atomic E-state index is 13.7. The van der Waals surface area contributed by atoms with Crippen molar-refractivity contribution < 1.29 is 8.78 Å². The highest BCUT2D eigenvalue weighted by Gasteiger charge is 2.20. The molecule has 2 N–H and O–H groups in total. The lowest BCUT2D eigenvalue weighted by atomic mass is 9.85. The van der Waals surface area contributed by atoms with E-state index in [2.05, 4.69) is 0 Å². The fraction of sp³-hybridized carbons (Fsp3) is 0.600. The summed E-state index contributed by atoms with van der Waals surface area (Å²) in [7, 11) is 0. The van der Waals surface area contributed by atoms with Crippen LogP contribution < -0.4 is 5.73 Å². The predicted octanol–water partition coefficient (Wildman–Crippen LogP) is 3.93. The third kappa shape index (κ3) is 4.05. The molecule has 1 aromatic rings. The highest BCUT2D eigenvalue weighted by atomic mass is 19.1. The number of benzene rings is 1. The van der Waals surface area contributed by atoms with Crippen LogP contribution in [0.1, 0.15) is 51.7 Å². The van der Waals surface area contributed by atoms with Crippen LogP contribution in [0.15, 0.2) is 12.1 Å². The first-order valence-electron chi connectivity index (χ1n) is 6.46. The zero-order valence-corrected chi connectivity index (χ0v) is 11.7. The summed E-state index contributed by atoms with van der Waals surface area (Å²) in [5, 5.41) is 0. The summed E-state index contributed by atoms with van der Waals surface area (Å²) in [5.74, 6) is -0.916. The molecule has 102 valence electrons. The van der Waals surface area contributed by atoms with Crippen LogP contribution >= 0.6 is 0 Å². The Kier molecular flexibility index (Phi) is 4.85. The Morgan fingerprint density at radius 3 is 2.28 bits per heavy atom. The number of nitrogens with two attached hydrogens (primary N) is 1. The molecule has 0 saturated heterocycles. The highest BCUT2D eigenvalue weighted by Crippen LogP contribution is 2.28. The predicted molar refractivity (Wildman–Crippen MR) is 71.6 cm³/mol. The molecule has 3 heteroatoms. The van der Waals surface area contributed by atoms with Crippen molar-refractivity contribution in [3.8, 4) is 0 Å². The Bertz CT molecular complexity index is 406. The third-order valence-corrected chi connectivity index (χ3v) is 3.05. The lowest BCUT2D eigenvalue weighted by Crippen LogP contribution is -2.16. The van der Waals surface area contributed by atoms with E-state index in [4.69, 9.17) is 5.73 Å². The molecule has 0 radical (unpaired) electrons. The number of hydrogen-bond acceptors (Lipinski definition) is 1. The van der Waals surface area contributed by atoms with E-state index >= 15 is 0 Å². The highest BCUT2D eigenvalue weighted by molar-refractivity contribution is 5.31. The number of hydrogen-bond donors (Lipinski definition) is 1. The number of rotatable bonds is 4. The van der Waals surface area contributed by atoms with Crippen LogP contribution in [0.3, 0.4) is 0 Å². The average molecular weight is 255 g/mol. The van der Waals surface area contributed by atoms with Gasteiger partial charge >= 0.3 is 0 Å². The van der Waals surface area contributed by atoms with Gasteiger partial charge < -0.3 is 5.73 Å². The Balaban J connectivity index is 2.92. The van der Waals surface area contributed by atoms with Gasteiger partial charge in [0.05, 0.1) is 0 Å². The normalized spacial score (nSPS) is 13.7. The van der Waals surface area contributed by atoms with Gasteiger partial charge in [-0.3, -0.25) is 0 Å². The molecule has 1 rings (SSSR count). The van der Waals surface area contributed by atoms with E-state index in [0.29, 0.717) is 17.5 Å². The number of halogens is 2. The summed E-state index contributed by atoms with van der Waals surface area (Å²) in [6.07, 6.45) is 2.28. The molecule has 0 aliphatic rings. The zero-order valence-electron chi connectivity index (χ0n) is 11.7. The molecule has 0 saturated carbocycles. The first-order chi connectivity index (χ1) is 8.21. The Morgan fingerprint density at radius 2 is 1.78 bits per heavy atom.